The Balaban J connectivity index is 2.14. The summed E-state index contributed by atoms with van der Waals surface area (Å²) in [5.74, 6) is 0.852. The average molecular weight is 306 g/mol. The van der Waals surface area contributed by atoms with Gasteiger partial charge in [-0.05, 0) is 52.7 Å². The van der Waals surface area contributed by atoms with E-state index in [0.29, 0.717) is 0 Å². The molecule has 3 heteroatoms. The van der Waals surface area contributed by atoms with Crippen LogP contribution in [0.2, 0.25) is 0 Å². The molecule has 2 aromatic rings. The minimum absolute atomic E-state index is 0.245. The third-order valence-corrected chi connectivity index (χ3v) is 3.45. The molecule has 2 aromatic carbocycles. The molecule has 1 atom stereocenters. The van der Waals surface area contributed by atoms with Crippen molar-refractivity contribution in [2.45, 2.75) is 13.0 Å². The van der Waals surface area contributed by atoms with Crippen LogP contribution >= 0.6 is 15.9 Å². The van der Waals surface area contributed by atoms with Gasteiger partial charge >= 0.3 is 0 Å². The van der Waals surface area contributed by atoms with Gasteiger partial charge in [-0.2, -0.15) is 0 Å². The largest absolute Gasteiger partial charge is 0.496 e. The fraction of sp³-hybridized carbons (Fsp3) is 0.200. The molecule has 1 N–H and O–H groups in total. The third kappa shape index (κ3) is 3.05. The quantitative estimate of drug-likeness (QED) is 0.889. The monoisotopic (exact) mass is 305 g/mol. The van der Waals surface area contributed by atoms with Crippen molar-refractivity contribution in [3.63, 3.8) is 0 Å². The van der Waals surface area contributed by atoms with E-state index in [1.807, 2.05) is 24.3 Å². The van der Waals surface area contributed by atoms with E-state index < -0.39 is 0 Å². The summed E-state index contributed by atoms with van der Waals surface area (Å²) in [7, 11) is 1.67. The van der Waals surface area contributed by atoms with Crippen LogP contribution in [0.3, 0.4) is 0 Å². The van der Waals surface area contributed by atoms with Gasteiger partial charge in [0.2, 0.25) is 0 Å². The number of halogens is 1. The molecule has 94 valence electrons. The summed E-state index contributed by atoms with van der Waals surface area (Å²) in [6.45, 7) is 2.14. The van der Waals surface area contributed by atoms with Crippen molar-refractivity contribution < 1.29 is 4.74 Å². The number of rotatable bonds is 4. The number of ether oxygens (including phenoxy) is 1. The number of benzene rings is 2. The van der Waals surface area contributed by atoms with Crippen molar-refractivity contribution in [1.82, 2.24) is 0 Å². The highest BCUT2D eigenvalue weighted by atomic mass is 79.9. The van der Waals surface area contributed by atoms with Gasteiger partial charge in [0.05, 0.1) is 11.6 Å². The predicted octanol–water partition coefficient (Wildman–Crippen LogP) is 4.63. The second-order valence-corrected chi connectivity index (χ2v) is 4.98. The van der Waals surface area contributed by atoms with Crippen LogP contribution in [0.5, 0.6) is 5.75 Å². The van der Waals surface area contributed by atoms with E-state index in [2.05, 4.69) is 52.4 Å². The van der Waals surface area contributed by atoms with E-state index in [4.69, 9.17) is 4.74 Å². The van der Waals surface area contributed by atoms with Crippen molar-refractivity contribution in [2.24, 2.45) is 0 Å². The second kappa shape index (κ2) is 5.91. The summed E-state index contributed by atoms with van der Waals surface area (Å²) >= 11 is 3.51. The Morgan fingerprint density at radius 3 is 2.44 bits per heavy atom. The smallest absolute Gasteiger partial charge is 0.133 e. The fourth-order valence-corrected chi connectivity index (χ4v) is 2.38. The first-order chi connectivity index (χ1) is 8.70. The summed E-state index contributed by atoms with van der Waals surface area (Å²) in [5, 5.41) is 3.46. The van der Waals surface area contributed by atoms with Crippen LogP contribution in [0.25, 0.3) is 0 Å². The van der Waals surface area contributed by atoms with Crippen LogP contribution in [0.4, 0.5) is 5.69 Å². The number of anilines is 1. The highest BCUT2D eigenvalue weighted by Gasteiger charge is 2.08. The van der Waals surface area contributed by atoms with E-state index in [0.717, 1.165) is 15.9 Å². The summed E-state index contributed by atoms with van der Waals surface area (Å²) in [4.78, 5) is 0. The molecule has 0 saturated heterocycles. The Morgan fingerprint density at radius 2 is 1.83 bits per heavy atom. The molecule has 1 unspecified atom stereocenters. The van der Waals surface area contributed by atoms with E-state index in [9.17, 15) is 0 Å². The van der Waals surface area contributed by atoms with Crippen LogP contribution in [0.1, 0.15) is 18.5 Å². The number of hydrogen-bond donors (Lipinski definition) is 1. The maximum Gasteiger partial charge on any atom is 0.133 e. The topological polar surface area (TPSA) is 21.3 Å². The van der Waals surface area contributed by atoms with Crippen LogP contribution in [-0.2, 0) is 0 Å². The van der Waals surface area contributed by atoms with Gasteiger partial charge in [0.1, 0.15) is 5.75 Å². The normalized spacial score (nSPS) is 11.9. The molecule has 0 saturated carbocycles. The van der Waals surface area contributed by atoms with E-state index >= 15 is 0 Å². The van der Waals surface area contributed by atoms with Crippen LogP contribution in [0.15, 0.2) is 53.0 Å². The van der Waals surface area contributed by atoms with Gasteiger partial charge in [-0.25, -0.2) is 0 Å². The van der Waals surface area contributed by atoms with E-state index in [-0.39, 0.29) is 6.04 Å². The molecule has 0 heterocycles. The first-order valence-electron chi connectivity index (χ1n) is 5.85. The Hall–Kier alpha value is -1.48. The predicted molar refractivity (Wildman–Crippen MR) is 79.2 cm³/mol. The van der Waals surface area contributed by atoms with Crippen molar-refractivity contribution in [2.75, 3.05) is 12.4 Å². The fourth-order valence-electron chi connectivity index (χ4n) is 1.82. The first kappa shape index (κ1) is 13.0. The lowest BCUT2D eigenvalue weighted by Gasteiger charge is -2.16. The molecule has 0 amide bonds. The molecular formula is C15H16BrNO. The minimum atomic E-state index is 0.245. The molecule has 2 rings (SSSR count). The average Bonchev–Trinajstić information content (AvgIpc) is 2.39. The van der Waals surface area contributed by atoms with Gasteiger partial charge in [0.15, 0.2) is 0 Å². The van der Waals surface area contributed by atoms with Gasteiger partial charge in [-0.3, -0.25) is 0 Å². The van der Waals surface area contributed by atoms with Gasteiger partial charge < -0.3 is 10.1 Å². The lowest BCUT2D eigenvalue weighted by molar-refractivity contribution is 0.412. The van der Waals surface area contributed by atoms with Crippen molar-refractivity contribution in [1.29, 1.82) is 0 Å². The molecular weight excluding hydrogens is 290 g/mol. The molecule has 0 bridgehead atoms. The van der Waals surface area contributed by atoms with Crippen LogP contribution in [-0.4, -0.2) is 7.11 Å². The molecule has 0 aliphatic rings. The SMILES string of the molecule is COc1ccc(C(C)Nc2ccccc2)cc1Br. The number of para-hydroxylation sites is 1. The van der Waals surface area contributed by atoms with E-state index in [1.54, 1.807) is 7.11 Å². The zero-order chi connectivity index (χ0) is 13.0. The number of nitrogens with one attached hydrogen (secondary N) is 1. The maximum absolute atomic E-state index is 5.23. The number of methoxy groups -OCH3 is 1. The highest BCUT2D eigenvalue weighted by Crippen LogP contribution is 2.29. The van der Waals surface area contributed by atoms with Gasteiger partial charge in [0.25, 0.3) is 0 Å². The molecule has 2 nitrogen and oxygen atoms in total. The third-order valence-electron chi connectivity index (χ3n) is 2.83. The summed E-state index contributed by atoms with van der Waals surface area (Å²) in [5.41, 5.74) is 2.34. The number of hydrogen-bond acceptors (Lipinski definition) is 2. The van der Waals surface area contributed by atoms with Gasteiger partial charge in [-0.1, -0.05) is 24.3 Å². The zero-order valence-corrected chi connectivity index (χ0v) is 12.1. The summed E-state index contributed by atoms with van der Waals surface area (Å²) in [6.07, 6.45) is 0. The highest BCUT2D eigenvalue weighted by molar-refractivity contribution is 9.10. The standard InChI is InChI=1S/C15H16BrNO/c1-11(17-13-6-4-3-5-7-13)12-8-9-15(18-2)14(16)10-12/h3-11,17H,1-2H3. The minimum Gasteiger partial charge on any atom is -0.496 e. The molecule has 18 heavy (non-hydrogen) atoms. The molecule has 0 fully saturated rings. The Bertz CT molecular complexity index is 513. The Labute approximate surface area is 116 Å². The Morgan fingerprint density at radius 1 is 1.11 bits per heavy atom. The summed E-state index contributed by atoms with van der Waals surface area (Å²) in [6, 6.07) is 16.6. The second-order valence-electron chi connectivity index (χ2n) is 4.13. The summed E-state index contributed by atoms with van der Waals surface area (Å²) < 4.78 is 6.21. The molecule has 0 radical (unpaired) electrons. The molecule has 0 aromatic heterocycles. The van der Waals surface area contributed by atoms with E-state index in [1.165, 1.54) is 5.56 Å². The molecule has 0 aliphatic heterocycles. The first-order valence-corrected chi connectivity index (χ1v) is 6.65. The Kier molecular flexibility index (Phi) is 4.26. The van der Waals surface area contributed by atoms with Gasteiger partial charge in [0, 0.05) is 11.7 Å². The lowest BCUT2D eigenvalue weighted by atomic mass is 10.1. The molecule has 0 aliphatic carbocycles. The van der Waals surface area contributed by atoms with Crippen molar-refractivity contribution >= 4 is 21.6 Å². The molecule has 0 spiro atoms. The zero-order valence-electron chi connectivity index (χ0n) is 10.5. The lowest BCUT2D eigenvalue weighted by Crippen LogP contribution is -2.06. The maximum atomic E-state index is 5.23. The van der Waals surface area contributed by atoms with Crippen molar-refractivity contribution in [3.8, 4) is 5.75 Å². The van der Waals surface area contributed by atoms with Crippen LogP contribution < -0.4 is 10.1 Å². The van der Waals surface area contributed by atoms with Gasteiger partial charge in [-0.15, -0.1) is 0 Å². The van der Waals surface area contributed by atoms with Crippen LogP contribution in [0, 0.1) is 0 Å². The van der Waals surface area contributed by atoms with Crippen molar-refractivity contribution in [3.05, 3.63) is 58.6 Å².